The van der Waals surface area contributed by atoms with Crippen molar-refractivity contribution in [1.29, 1.82) is 0 Å². The third kappa shape index (κ3) is 1.84. The molecular weight excluding hydrogens is 322 g/mol. The van der Waals surface area contributed by atoms with Crippen LogP contribution in [0, 0.1) is 37.5 Å². The lowest BCUT2D eigenvalue weighted by atomic mass is 9.70. The highest BCUT2D eigenvalue weighted by Crippen LogP contribution is 2.69. The van der Waals surface area contributed by atoms with Crippen molar-refractivity contribution in [2.24, 2.45) is 16.7 Å². The Balaban J connectivity index is 1.63. The summed E-state index contributed by atoms with van der Waals surface area (Å²) < 4.78 is 11.0. The molecule has 138 valence electrons. The summed E-state index contributed by atoms with van der Waals surface area (Å²) in [5.41, 5.74) is 5.66. The molecule has 2 saturated carbocycles. The summed E-state index contributed by atoms with van der Waals surface area (Å²) in [6.45, 7) is 14.5. The molecule has 2 aromatic rings. The molecule has 3 aliphatic rings. The van der Waals surface area contributed by atoms with Crippen LogP contribution in [-0.4, -0.2) is 15.9 Å². The van der Waals surface area contributed by atoms with Gasteiger partial charge in [-0.25, -0.2) is 4.57 Å². The van der Waals surface area contributed by atoms with Crippen molar-refractivity contribution in [3.8, 4) is 5.69 Å². The Bertz CT molecular complexity index is 889. The number of fused-ring (bicyclic) bond motifs is 7. The first-order valence-corrected chi connectivity index (χ1v) is 9.93. The number of hydrogen-bond acceptors (Lipinski definition) is 2. The fourth-order valence-corrected chi connectivity index (χ4v) is 6.42. The van der Waals surface area contributed by atoms with Crippen LogP contribution in [0.5, 0.6) is 0 Å². The van der Waals surface area contributed by atoms with Crippen molar-refractivity contribution in [1.82, 2.24) is 9.78 Å². The van der Waals surface area contributed by atoms with E-state index in [-0.39, 0.29) is 5.41 Å². The van der Waals surface area contributed by atoms with Gasteiger partial charge in [-0.3, -0.25) is 0 Å². The summed E-state index contributed by atoms with van der Waals surface area (Å²) in [6.07, 6.45) is 5.13. The molecule has 4 heteroatoms. The Morgan fingerprint density at radius 1 is 1.15 bits per heavy atom. The van der Waals surface area contributed by atoms with Gasteiger partial charge in [-0.2, -0.15) is 0 Å². The summed E-state index contributed by atoms with van der Waals surface area (Å²) in [4.78, 5) is 0. The van der Waals surface area contributed by atoms with Crippen LogP contribution >= 0.6 is 0 Å². The summed E-state index contributed by atoms with van der Waals surface area (Å²) in [5, 5.41) is 4.94. The van der Waals surface area contributed by atoms with Gasteiger partial charge in [0.25, 0.3) is 0 Å². The maximum Gasteiger partial charge on any atom is 0.304 e. The van der Waals surface area contributed by atoms with Crippen LogP contribution in [0.25, 0.3) is 5.69 Å². The van der Waals surface area contributed by atoms with Gasteiger partial charge in [-0.1, -0.05) is 43.1 Å². The Hall–Kier alpha value is -1.68. The first-order valence-electron chi connectivity index (χ1n) is 9.93. The van der Waals surface area contributed by atoms with E-state index in [0.29, 0.717) is 30.1 Å². The lowest BCUT2D eigenvalue weighted by Crippen LogP contribution is -2.56. The first kappa shape index (κ1) is 16.5. The van der Waals surface area contributed by atoms with Gasteiger partial charge in [0, 0.05) is 16.4 Å². The van der Waals surface area contributed by atoms with Gasteiger partial charge in [0.15, 0.2) is 0 Å². The fourth-order valence-electron chi connectivity index (χ4n) is 6.42. The zero-order valence-corrected chi connectivity index (χ0v) is 16.8. The lowest BCUT2D eigenvalue weighted by molar-refractivity contribution is -0.756. The van der Waals surface area contributed by atoms with Crippen LogP contribution in [0.1, 0.15) is 62.2 Å². The summed E-state index contributed by atoms with van der Waals surface area (Å²) in [5.74, 6) is 1.73. The Morgan fingerprint density at radius 3 is 2.54 bits per heavy atom. The van der Waals surface area contributed by atoms with E-state index in [2.05, 4.69) is 69.3 Å². The molecule has 4 nitrogen and oxygen atoms in total. The fraction of sp³-hybridized carbons (Fsp3) is 0.636. The van der Waals surface area contributed by atoms with Gasteiger partial charge >= 0.3 is 5.82 Å². The monoisotopic (exact) mass is 352 g/mol. The van der Waals surface area contributed by atoms with Crippen LogP contribution in [-0.2, 0) is 11.3 Å². The molecule has 5 rings (SSSR count). The molecule has 0 N–H and O–H groups in total. The predicted molar refractivity (Wildman–Crippen MR) is 100 cm³/mol. The van der Waals surface area contributed by atoms with Crippen LogP contribution in [0.15, 0.2) is 18.5 Å². The van der Waals surface area contributed by atoms with E-state index in [0.717, 1.165) is 5.82 Å². The summed E-state index contributed by atoms with van der Waals surface area (Å²) >= 11 is 0. The summed E-state index contributed by atoms with van der Waals surface area (Å²) in [6, 6.07) is 4.91. The van der Waals surface area contributed by atoms with Crippen molar-refractivity contribution in [3.63, 3.8) is 0 Å². The standard InChI is InChI=1S/C22H30N3O/c1-13-9-14(2)18(15(3)10-13)25-12-24-17(23-25)11-26-20-19(24)16-7-8-22(20,6)21(16,4)5/h9-10,12,16,19-20H,7-8,11H2,1-6H3/q+1/t16-,19+,20+,22-/m1/s1. The number of ether oxygens (including phenoxy) is 1. The minimum atomic E-state index is 0.269. The number of benzene rings is 1. The Morgan fingerprint density at radius 2 is 1.85 bits per heavy atom. The van der Waals surface area contributed by atoms with E-state index in [1.807, 2.05) is 0 Å². The van der Waals surface area contributed by atoms with E-state index in [1.54, 1.807) is 0 Å². The Labute approximate surface area is 156 Å². The maximum atomic E-state index is 6.43. The quantitative estimate of drug-likeness (QED) is 0.727. The molecule has 1 aliphatic heterocycles. The molecule has 2 fully saturated rings. The second-order valence-electron chi connectivity index (χ2n) is 9.64. The van der Waals surface area contributed by atoms with E-state index >= 15 is 0 Å². The molecule has 0 saturated heterocycles. The minimum absolute atomic E-state index is 0.269. The van der Waals surface area contributed by atoms with Gasteiger partial charge < -0.3 is 4.74 Å². The molecule has 2 heterocycles. The summed E-state index contributed by atoms with van der Waals surface area (Å²) in [7, 11) is 0. The van der Waals surface area contributed by atoms with E-state index in [4.69, 9.17) is 9.84 Å². The van der Waals surface area contributed by atoms with Crippen molar-refractivity contribution in [2.75, 3.05) is 0 Å². The zero-order valence-electron chi connectivity index (χ0n) is 16.8. The van der Waals surface area contributed by atoms with Gasteiger partial charge in [0.05, 0.1) is 6.10 Å². The van der Waals surface area contributed by atoms with Gasteiger partial charge in [0.1, 0.15) is 18.3 Å². The molecule has 0 amide bonds. The van der Waals surface area contributed by atoms with Crippen LogP contribution in [0.4, 0.5) is 0 Å². The van der Waals surface area contributed by atoms with Crippen LogP contribution in [0.2, 0.25) is 0 Å². The van der Waals surface area contributed by atoms with Gasteiger partial charge in [0.2, 0.25) is 6.33 Å². The zero-order chi connectivity index (χ0) is 18.4. The largest absolute Gasteiger partial charge is 0.363 e. The van der Waals surface area contributed by atoms with Crippen molar-refractivity contribution in [2.45, 2.75) is 73.1 Å². The normalized spacial score (nSPS) is 34.0. The van der Waals surface area contributed by atoms with Gasteiger partial charge in [-0.05, 0) is 50.2 Å². The lowest BCUT2D eigenvalue weighted by Gasteiger charge is -2.40. The smallest absolute Gasteiger partial charge is 0.304 e. The highest BCUT2D eigenvalue weighted by molar-refractivity contribution is 5.48. The SMILES string of the molecule is Cc1cc(C)c(-n2c[n+]3c(n2)CO[C@H]2[C@@H]3[C@H]3CC[C@@]2(C)C3(C)C)c(C)c1. The van der Waals surface area contributed by atoms with E-state index in [1.165, 1.54) is 35.2 Å². The molecule has 26 heavy (non-hydrogen) atoms. The topological polar surface area (TPSA) is 30.9 Å². The molecule has 1 aromatic heterocycles. The predicted octanol–water partition coefficient (Wildman–Crippen LogP) is 3.98. The second-order valence-corrected chi connectivity index (χ2v) is 9.64. The highest BCUT2D eigenvalue weighted by Gasteiger charge is 2.70. The third-order valence-electron chi connectivity index (χ3n) is 8.06. The number of aryl methyl sites for hydroxylation is 3. The van der Waals surface area contributed by atoms with Crippen molar-refractivity contribution >= 4 is 0 Å². The Kier molecular flexibility index (Phi) is 3.16. The second kappa shape index (κ2) is 4.98. The van der Waals surface area contributed by atoms with E-state index < -0.39 is 0 Å². The van der Waals surface area contributed by atoms with Crippen LogP contribution in [0.3, 0.4) is 0 Å². The average Bonchev–Trinajstić information content (AvgIpc) is 3.11. The molecule has 2 aliphatic carbocycles. The molecule has 2 bridgehead atoms. The number of hydrogen-bond donors (Lipinski definition) is 0. The molecular formula is C22H30N3O+. The molecule has 4 atom stereocenters. The molecule has 1 aromatic carbocycles. The highest BCUT2D eigenvalue weighted by atomic mass is 16.5. The molecule has 0 spiro atoms. The number of rotatable bonds is 1. The van der Waals surface area contributed by atoms with Gasteiger partial charge in [-0.15, -0.1) is 0 Å². The maximum absolute atomic E-state index is 6.43. The average molecular weight is 353 g/mol. The van der Waals surface area contributed by atoms with Crippen LogP contribution < -0.4 is 4.57 Å². The van der Waals surface area contributed by atoms with Crippen molar-refractivity contribution in [3.05, 3.63) is 41.0 Å². The van der Waals surface area contributed by atoms with Crippen molar-refractivity contribution < 1.29 is 9.30 Å². The molecule has 0 radical (unpaired) electrons. The number of aromatic nitrogens is 3. The van der Waals surface area contributed by atoms with E-state index in [9.17, 15) is 0 Å². The third-order valence-corrected chi connectivity index (χ3v) is 8.06. The molecule has 0 unspecified atom stereocenters. The minimum Gasteiger partial charge on any atom is -0.363 e. The first-order chi connectivity index (χ1) is 12.2. The number of nitrogens with zero attached hydrogens (tertiary/aromatic N) is 3.